The number of rotatable bonds is 8. The van der Waals surface area contributed by atoms with Crippen LogP contribution < -0.4 is 11.2 Å². The highest BCUT2D eigenvalue weighted by atomic mass is 32.2. The largest absolute Gasteiger partial charge is 0.332 e. The summed E-state index contributed by atoms with van der Waals surface area (Å²) in [4.78, 5) is 34.0. The van der Waals surface area contributed by atoms with Crippen LogP contribution in [0.4, 0.5) is 0 Å². The minimum atomic E-state index is -0.364. The van der Waals surface area contributed by atoms with Crippen molar-refractivity contribution >= 4 is 22.9 Å². The first kappa shape index (κ1) is 22.8. The van der Waals surface area contributed by atoms with E-state index in [1.807, 2.05) is 30.3 Å². The topological polar surface area (TPSA) is 105 Å². The van der Waals surface area contributed by atoms with E-state index in [2.05, 4.69) is 36.9 Å². The van der Waals surface area contributed by atoms with Crippen LogP contribution in [0.3, 0.4) is 0 Å². The fourth-order valence-electron chi connectivity index (χ4n) is 3.99. The molecule has 0 N–H and O–H groups in total. The third kappa shape index (κ3) is 4.42. The van der Waals surface area contributed by atoms with E-state index in [1.165, 1.54) is 9.13 Å². The van der Waals surface area contributed by atoms with Gasteiger partial charge in [0.25, 0.3) is 5.56 Å². The van der Waals surface area contributed by atoms with Crippen LogP contribution in [0.15, 0.2) is 75.9 Å². The molecule has 178 valence electrons. The molecule has 0 saturated carbocycles. The van der Waals surface area contributed by atoms with Crippen molar-refractivity contribution < 1.29 is 0 Å². The maximum atomic E-state index is 12.9. The molecule has 0 aliphatic rings. The van der Waals surface area contributed by atoms with Crippen molar-refractivity contribution in [2.45, 2.75) is 24.7 Å². The normalized spacial score (nSPS) is 11.4. The van der Waals surface area contributed by atoms with Crippen LogP contribution in [0, 0.1) is 0 Å². The molecule has 4 heterocycles. The lowest BCUT2D eigenvalue weighted by Crippen LogP contribution is -2.39. The molecule has 0 fully saturated rings. The van der Waals surface area contributed by atoms with Crippen LogP contribution >= 0.6 is 11.8 Å². The lowest BCUT2D eigenvalue weighted by atomic mass is 10.2. The Morgan fingerprint density at radius 2 is 1.80 bits per heavy atom. The van der Waals surface area contributed by atoms with E-state index in [0.29, 0.717) is 36.4 Å². The van der Waals surface area contributed by atoms with Crippen molar-refractivity contribution in [2.24, 2.45) is 14.1 Å². The molecule has 0 amide bonds. The van der Waals surface area contributed by atoms with Gasteiger partial charge in [-0.3, -0.25) is 23.5 Å². The van der Waals surface area contributed by atoms with Crippen molar-refractivity contribution in [3.05, 3.63) is 87.6 Å². The summed E-state index contributed by atoms with van der Waals surface area (Å²) in [6, 6.07) is 14.0. The second-order valence-electron chi connectivity index (χ2n) is 8.15. The fraction of sp³-hybridized carbons (Fsp3) is 0.250. The van der Waals surface area contributed by atoms with Crippen molar-refractivity contribution in [1.82, 2.24) is 38.4 Å². The first-order chi connectivity index (χ1) is 17.0. The van der Waals surface area contributed by atoms with Gasteiger partial charge < -0.3 is 4.57 Å². The smallest absolute Gasteiger partial charge is 0.328 e. The molecule has 1 aromatic carbocycles. The molecule has 0 aliphatic carbocycles. The third-order valence-electron chi connectivity index (χ3n) is 5.78. The van der Waals surface area contributed by atoms with Crippen LogP contribution in [0.5, 0.6) is 0 Å². The summed E-state index contributed by atoms with van der Waals surface area (Å²) in [5.41, 5.74) is 2.16. The second kappa shape index (κ2) is 9.71. The Hall–Kier alpha value is -3.99. The van der Waals surface area contributed by atoms with Gasteiger partial charge in [-0.25, -0.2) is 9.78 Å². The molecule has 35 heavy (non-hydrogen) atoms. The number of imidazole rings is 1. The fourth-order valence-corrected chi connectivity index (χ4v) is 4.85. The zero-order chi connectivity index (χ0) is 24.4. The molecule has 0 saturated heterocycles. The van der Waals surface area contributed by atoms with Crippen molar-refractivity contribution in [3.8, 4) is 11.4 Å². The summed E-state index contributed by atoms with van der Waals surface area (Å²) in [6.07, 6.45) is 5.66. The lowest BCUT2D eigenvalue weighted by molar-refractivity contribution is 0.593. The Balaban J connectivity index is 1.36. The molecule has 0 atom stereocenters. The molecular weight excluding hydrogens is 464 g/mol. The first-order valence-electron chi connectivity index (χ1n) is 11.2. The molecule has 0 unspecified atom stereocenters. The van der Waals surface area contributed by atoms with E-state index in [0.717, 1.165) is 22.1 Å². The lowest BCUT2D eigenvalue weighted by Gasteiger charge is -2.11. The molecule has 4 aromatic heterocycles. The minimum absolute atomic E-state index is 0.307. The number of nitrogens with zero attached hydrogens (tertiary/aromatic N) is 8. The molecule has 0 spiro atoms. The van der Waals surface area contributed by atoms with Crippen molar-refractivity contribution in [3.63, 3.8) is 0 Å². The maximum Gasteiger partial charge on any atom is 0.332 e. The summed E-state index contributed by atoms with van der Waals surface area (Å²) in [5.74, 6) is 1.41. The van der Waals surface area contributed by atoms with Gasteiger partial charge in [-0.1, -0.05) is 42.1 Å². The Morgan fingerprint density at radius 3 is 2.57 bits per heavy atom. The average molecular weight is 489 g/mol. The van der Waals surface area contributed by atoms with Crippen molar-refractivity contribution in [1.29, 1.82) is 0 Å². The number of benzene rings is 1. The van der Waals surface area contributed by atoms with E-state index in [-0.39, 0.29) is 11.2 Å². The maximum absolute atomic E-state index is 12.9. The van der Waals surface area contributed by atoms with Crippen LogP contribution in [0.2, 0.25) is 0 Å². The number of fused-ring (bicyclic) bond motifs is 1. The summed E-state index contributed by atoms with van der Waals surface area (Å²) >= 11 is 1.55. The predicted octanol–water partition coefficient (Wildman–Crippen LogP) is 2.32. The van der Waals surface area contributed by atoms with E-state index < -0.39 is 0 Å². The Labute approximate surface area is 204 Å². The third-order valence-corrected chi connectivity index (χ3v) is 6.83. The summed E-state index contributed by atoms with van der Waals surface area (Å²) < 4.78 is 6.42. The number of hydrogen-bond acceptors (Lipinski definition) is 7. The van der Waals surface area contributed by atoms with Gasteiger partial charge in [0, 0.05) is 44.4 Å². The highest BCUT2D eigenvalue weighted by molar-refractivity contribution is 7.99. The number of aryl methyl sites for hydroxylation is 2. The van der Waals surface area contributed by atoms with Gasteiger partial charge in [-0.05, 0) is 24.1 Å². The number of hydrogen-bond donors (Lipinski definition) is 0. The number of pyridine rings is 1. The van der Waals surface area contributed by atoms with Crippen LogP contribution in [0.25, 0.3) is 22.6 Å². The van der Waals surface area contributed by atoms with E-state index in [4.69, 9.17) is 0 Å². The quantitative estimate of drug-likeness (QED) is 0.244. The average Bonchev–Trinajstić information content (AvgIpc) is 3.47. The van der Waals surface area contributed by atoms with Gasteiger partial charge in [-0.2, -0.15) is 0 Å². The SMILES string of the molecule is Cn1cnc2c1c(=O)n(CCCSc1nnc(-c3cccnc3)n1Cc1ccccc1)c(=O)n2C. The minimum Gasteiger partial charge on any atom is -0.328 e. The standard InChI is InChI=1S/C24H24N8O2S/c1-29-16-26-21-19(29)22(33)31(24(34)30(21)2)12-7-13-35-23-28-27-20(18-10-6-11-25-14-18)32(23)15-17-8-4-3-5-9-17/h3-6,8-11,14,16H,7,12-13,15H2,1-2H3. The molecular formula is C24H24N8O2S. The number of thioether (sulfide) groups is 1. The number of aromatic nitrogens is 8. The Kier molecular flexibility index (Phi) is 6.32. The summed E-state index contributed by atoms with van der Waals surface area (Å²) in [6.45, 7) is 0.930. The molecule has 5 rings (SSSR count). The van der Waals surface area contributed by atoms with Gasteiger partial charge in [-0.15, -0.1) is 10.2 Å². The molecule has 5 aromatic rings. The van der Waals surface area contributed by atoms with Gasteiger partial charge in [0.15, 0.2) is 22.1 Å². The Bertz CT molecular complexity index is 1590. The van der Waals surface area contributed by atoms with Gasteiger partial charge in [0.05, 0.1) is 12.9 Å². The molecule has 11 heteroatoms. The highest BCUT2D eigenvalue weighted by Crippen LogP contribution is 2.25. The van der Waals surface area contributed by atoms with Gasteiger partial charge in [0.1, 0.15) is 0 Å². The zero-order valence-electron chi connectivity index (χ0n) is 19.4. The van der Waals surface area contributed by atoms with Crippen LogP contribution in [-0.4, -0.2) is 44.2 Å². The molecule has 10 nitrogen and oxygen atoms in total. The monoisotopic (exact) mass is 488 g/mol. The second-order valence-corrected chi connectivity index (χ2v) is 9.21. The summed E-state index contributed by atoms with van der Waals surface area (Å²) in [5, 5.41) is 9.63. The van der Waals surface area contributed by atoms with Crippen molar-refractivity contribution in [2.75, 3.05) is 5.75 Å². The Morgan fingerprint density at radius 1 is 0.971 bits per heavy atom. The molecule has 0 bridgehead atoms. The molecule has 0 aliphatic heterocycles. The van der Waals surface area contributed by atoms with E-state index in [1.54, 1.807) is 49.1 Å². The molecule has 0 radical (unpaired) electrons. The van der Waals surface area contributed by atoms with Gasteiger partial charge in [0.2, 0.25) is 0 Å². The predicted molar refractivity (Wildman–Crippen MR) is 134 cm³/mol. The highest BCUT2D eigenvalue weighted by Gasteiger charge is 2.17. The van der Waals surface area contributed by atoms with E-state index in [9.17, 15) is 9.59 Å². The zero-order valence-corrected chi connectivity index (χ0v) is 20.2. The van der Waals surface area contributed by atoms with Crippen LogP contribution in [-0.2, 0) is 27.2 Å². The van der Waals surface area contributed by atoms with E-state index >= 15 is 0 Å². The van der Waals surface area contributed by atoms with Crippen LogP contribution in [0.1, 0.15) is 12.0 Å². The first-order valence-corrected chi connectivity index (χ1v) is 12.1. The summed E-state index contributed by atoms with van der Waals surface area (Å²) in [7, 11) is 3.38. The van der Waals surface area contributed by atoms with Gasteiger partial charge >= 0.3 is 5.69 Å².